The number of amides is 1. The Morgan fingerprint density at radius 2 is 1.77 bits per heavy atom. The summed E-state index contributed by atoms with van der Waals surface area (Å²) in [6.45, 7) is 7.13. The van der Waals surface area contributed by atoms with Crippen LogP contribution in [0.3, 0.4) is 0 Å². The molecule has 1 aromatic rings. The van der Waals surface area contributed by atoms with E-state index in [1.54, 1.807) is 39.8 Å². The fraction of sp³-hybridized carbons (Fsp3) is 0.500. The van der Waals surface area contributed by atoms with Gasteiger partial charge < -0.3 is 15.8 Å². The lowest BCUT2D eigenvalue weighted by molar-refractivity contribution is -0.151. The topological polar surface area (TPSA) is 81.4 Å². The summed E-state index contributed by atoms with van der Waals surface area (Å²) >= 11 is 0. The van der Waals surface area contributed by atoms with Gasteiger partial charge in [-0.05, 0) is 26.3 Å². The number of halogens is 1. The van der Waals surface area contributed by atoms with E-state index in [0.717, 1.165) is 5.56 Å². The highest BCUT2D eigenvalue weighted by atomic mass is 35.5. The van der Waals surface area contributed by atoms with E-state index in [4.69, 9.17) is 10.5 Å². The van der Waals surface area contributed by atoms with E-state index in [1.807, 2.05) is 18.2 Å². The minimum atomic E-state index is -1.14. The minimum Gasteiger partial charge on any atom is -0.463 e. The first kappa shape index (κ1) is 20.4. The predicted octanol–water partition coefficient (Wildman–Crippen LogP) is 1.99. The van der Waals surface area contributed by atoms with Crippen LogP contribution < -0.4 is 11.1 Å². The van der Waals surface area contributed by atoms with Gasteiger partial charge in [-0.25, -0.2) is 0 Å². The smallest absolute Gasteiger partial charge is 0.310 e. The van der Waals surface area contributed by atoms with Crippen LogP contribution in [0.5, 0.6) is 0 Å². The van der Waals surface area contributed by atoms with Crippen molar-refractivity contribution in [2.75, 3.05) is 6.54 Å². The highest BCUT2D eigenvalue weighted by molar-refractivity contribution is 5.87. The summed E-state index contributed by atoms with van der Waals surface area (Å²) in [7, 11) is 0. The number of ether oxygens (including phenoxy) is 1. The zero-order valence-corrected chi connectivity index (χ0v) is 14.3. The molecule has 1 amide bonds. The molecule has 0 aromatic heterocycles. The van der Waals surface area contributed by atoms with Gasteiger partial charge in [-0.1, -0.05) is 37.3 Å². The van der Waals surface area contributed by atoms with Gasteiger partial charge in [0.2, 0.25) is 5.91 Å². The number of hydrogen-bond donors (Lipinski definition) is 2. The number of carbonyl (C=O) groups excluding carboxylic acids is 2. The number of esters is 1. The Kier molecular flexibility index (Phi) is 8.12. The van der Waals surface area contributed by atoms with Crippen molar-refractivity contribution in [3.63, 3.8) is 0 Å². The Balaban J connectivity index is 0.00000441. The third kappa shape index (κ3) is 5.66. The van der Waals surface area contributed by atoms with Crippen molar-refractivity contribution in [2.24, 2.45) is 11.7 Å². The fourth-order valence-electron chi connectivity index (χ4n) is 1.78. The van der Waals surface area contributed by atoms with E-state index in [9.17, 15) is 9.59 Å². The van der Waals surface area contributed by atoms with E-state index >= 15 is 0 Å². The van der Waals surface area contributed by atoms with Crippen LogP contribution in [0.15, 0.2) is 30.3 Å². The monoisotopic (exact) mass is 328 g/mol. The van der Waals surface area contributed by atoms with Crippen LogP contribution in [0.1, 0.15) is 33.3 Å². The number of carbonyl (C=O) groups is 2. The van der Waals surface area contributed by atoms with Gasteiger partial charge in [0.15, 0.2) is 0 Å². The predicted molar refractivity (Wildman–Crippen MR) is 88.6 cm³/mol. The summed E-state index contributed by atoms with van der Waals surface area (Å²) in [5.41, 5.74) is 5.68. The van der Waals surface area contributed by atoms with Crippen molar-refractivity contribution in [1.82, 2.24) is 5.32 Å². The third-order valence-electron chi connectivity index (χ3n) is 3.17. The van der Waals surface area contributed by atoms with Crippen LogP contribution in [0.2, 0.25) is 0 Å². The van der Waals surface area contributed by atoms with Gasteiger partial charge in [-0.15, -0.1) is 12.4 Å². The second-order valence-corrected chi connectivity index (χ2v) is 5.67. The highest BCUT2D eigenvalue weighted by Gasteiger charge is 2.30. The molecule has 0 radical (unpaired) electrons. The van der Waals surface area contributed by atoms with Crippen LogP contribution in [0, 0.1) is 5.92 Å². The van der Waals surface area contributed by atoms with Gasteiger partial charge in [-0.3, -0.25) is 9.59 Å². The molecule has 5 nitrogen and oxygen atoms in total. The molecule has 0 aliphatic rings. The molecule has 0 aliphatic carbocycles. The molecular formula is C16H25ClN2O3. The first-order valence-electron chi connectivity index (χ1n) is 7.08. The van der Waals surface area contributed by atoms with Crippen LogP contribution in [-0.4, -0.2) is 24.5 Å². The summed E-state index contributed by atoms with van der Waals surface area (Å²) in [5, 5.41) is 2.71. The Morgan fingerprint density at radius 1 is 1.23 bits per heavy atom. The van der Waals surface area contributed by atoms with E-state index in [-0.39, 0.29) is 36.9 Å². The summed E-state index contributed by atoms with van der Waals surface area (Å²) in [6, 6.07) is 9.13. The fourth-order valence-corrected chi connectivity index (χ4v) is 1.78. The average molecular weight is 329 g/mol. The molecule has 124 valence electrons. The van der Waals surface area contributed by atoms with Gasteiger partial charge in [0.25, 0.3) is 0 Å². The SMILES string of the molecule is CC(C)OC(=O)C(C)CNC(=O)C(C)(N)c1ccccc1.Cl. The summed E-state index contributed by atoms with van der Waals surface area (Å²) in [4.78, 5) is 23.9. The Morgan fingerprint density at radius 3 is 2.27 bits per heavy atom. The van der Waals surface area contributed by atoms with Gasteiger partial charge in [0.1, 0.15) is 5.54 Å². The van der Waals surface area contributed by atoms with Crippen LogP contribution >= 0.6 is 12.4 Å². The molecule has 0 saturated heterocycles. The van der Waals surface area contributed by atoms with Crippen molar-refractivity contribution in [1.29, 1.82) is 0 Å². The molecule has 0 fully saturated rings. The van der Waals surface area contributed by atoms with Crippen LogP contribution in [0.4, 0.5) is 0 Å². The Bertz CT molecular complexity index is 489. The molecular weight excluding hydrogens is 304 g/mol. The molecule has 6 heteroatoms. The molecule has 2 unspecified atom stereocenters. The second-order valence-electron chi connectivity index (χ2n) is 5.67. The largest absolute Gasteiger partial charge is 0.463 e. The van der Waals surface area contributed by atoms with E-state index in [1.165, 1.54) is 0 Å². The standard InChI is InChI=1S/C16H24N2O3.ClH/c1-11(2)21-14(19)12(3)10-18-15(20)16(4,17)13-8-6-5-7-9-13;/h5-9,11-12H,10,17H2,1-4H3,(H,18,20);1H. The van der Waals surface area contributed by atoms with E-state index in [2.05, 4.69) is 5.32 Å². The lowest BCUT2D eigenvalue weighted by Gasteiger charge is -2.25. The van der Waals surface area contributed by atoms with Gasteiger partial charge in [0.05, 0.1) is 12.0 Å². The maximum Gasteiger partial charge on any atom is 0.310 e. The molecule has 22 heavy (non-hydrogen) atoms. The lowest BCUT2D eigenvalue weighted by Crippen LogP contribution is -2.50. The molecule has 0 spiro atoms. The minimum absolute atomic E-state index is 0. The van der Waals surface area contributed by atoms with Crippen molar-refractivity contribution < 1.29 is 14.3 Å². The van der Waals surface area contributed by atoms with Gasteiger partial charge in [0, 0.05) is 6.54 Å². The van der Waals surface area contributed by atoms with Crippen LogP contribution in [-0.2, 0) is 19.9 Å². The number of benzene rings is 1. The van der Waals surface area contributed by atoms with Crippen molar-refractivity contribution in [3.8, 4) is 0 Å². The molecule has 0 saturated carbocycles. The third-order valence-corrected chi connectivity index (χ3v) is 3.17. The van der Waals surface area contributed by atoms with Gasteiger partial charge >= 0.3 is 5.97 Å². The quantitative estimate of drug-likeness (QED) is 0.782. The number of hydrogen-bond acceptors (Lipinski definition) is 4. The molecule has 0 bridgehead atoms. The summed E-state index contributed by atoms with van der Waals surface area (Å²) in [5.74, 6) is -1.07. The number of nitrogens with two attached hydrogens (primary N) is 1. The zero-order valence-electron chi connectivity index (χ0n) is 13.5. The lowest BCUT2D eigenvalue weighted by atomic mass is 9.92. The van der Waals surface area contributed by atoms with E-state index < -0.39 is 11.5 Å². The van der Waals surface area contributed by atoms with Crippen LogP contribution in [0.25, 0.3) is 0 Å². The first-order chi connectivity index (χ1) is 9.75. The number of rotatable bonds is 6. The second kappa shape index (κ2) is 8.76. The average Bonchev–Trinajstić information content (AvgIpc) is 2.44. The maximum atomic E-state index is 12.2. The molecule has 0 heterocycles. The first-order valence-corrected chi connectivity index (χ1v) is 7.08. The summed E-state index contributed by atoms with van der Waals surface area (Å²) in [6.07, 6.45) is -0.167. The Hall–Kier alpha value is -1.59. The molecule has 3 N–H and O–H groups in total. The van der Waals surface area contributed by atoms with E-state index in [0.29, 0.717) is 0 Å². The molecule has 1 rings (SSSR count). The Labute approximate surface area is 138 Å². The molecule has 2 atom stereocenters. The van der Waals surface area contributed by atoms with Gasteiger partial charge in [-0.2, -0.15) is 0 Å². The van der Waals surface area contributed by atoms with Crippen molar-refractivity contribution in [2.45, 2.75) is 39.3 Å². The normalized spacial score (nSPS) is 14.5. The van der Waals surface area contributed by atoms with Crippen molar-refractivity contribution >= 4 is 24.3 Å². The maximum absolute atomic E-state index is 12.2. The molecule has 1 aromatic carbocycles. The highest BCUT2D eigenvalue weighted by Crippen LogP contribution is 2.17. The number of nitrogens with one attached hydrogen (secondary N) is 1. The summed E-state index contributed by atoms with van der Waals surface area (Å²) < 4.78 is 5.09. The van der Waals surface area contributed by atoms with Crippen molar-refractivity contribution in [3.05, 3.63) is 35.9 Å². The molecule has 0 aliphatic heterocycles. The zero-order chi connectivity index (χ0) is 16.0.